The third kappa shape index (κ3) is 5.79. The smallest absolute Gasteiger partial charge is 0.232 e. The second kappa shape index (κ2) is 10.5. The van der Waals surface area contributed by atoms with Crippen molar-refractivity contribution >= 4 is 34.9 Å². The van der Waals surface area contributed by atoms with Gasteiger partial charge >= 0.3 is 0 Å². The number of aromatic nitrogens is 2. The minimum Gasteiger partial charge on any atom is -0.378 e. The second-order valence-electron chi connectivity index (χ2n) is 7.70. The van der Waals surface area contributed by atoms with Gasteiger partial charge in [0.25, 0.3) is 0 Å². The van der Waals surface area contributed by atoms with Crippen molar-refractivity contribution in [1.82, 2.24) is 15.3 Å². The Balaban J connectivity index is 1.49. The normalized spacial score (nSPS) is 17.3. The molecule has 2 fully saturated rings. The van der Waals surface area contributed by atoms with Crippen molar-refractivity contribution in [3.05, 3.63) is 42.0 Å². The van der Waals surface area contributed by atoms with E-state index < -0.39 is 0 Å². The van der Waals surface area contributed by atoms with Gasteiger partial charge in [-0.1, -0.05) is 43.2 Å². The minimum atomic E-state index is 0.528. The number of anilines is 3. The van der Waals surface area contributed by atoms with E-state index in [1.165, 1.54) is 31.2 Å². The fourth-order valence-electron chi connectivity index (χ4n) is 3.82. The molecule has 0 spiro atoms. The lowest BCUT2D eigenvalue weighted by Crippen LogP contribution is -2.37. The Labute approximate surface area is 183 Å². The van der Waals surface area contributed by atoms with Crippen LogP contribution in [0.3, 0.4) is 0 Å². The van der Waals surface area contributed by atoms with E-state index in [1.54, 1.807) is 0 Å². The van der Waals surface area contributed by atoms with Crippen LogP contribution in [-0.2, 0) is 11.3 Å². The number of morpholine rings is 1. The first-order chi connectivity index (χ1) is 14.8. The monoisotopic (exact) mass is 426 g/mol. The highest BCUT2D eigenvalue weighted by atomic mass is 32.1. The summed E-state index contributed by atoms with van der Waals surface area (Å²) in [7, 11) is 0. The van der Waals surface area contributed by atoms with Crippen molar-refractivity contribution in [2.75, 3.05) is 54.5 Å². The van der Waals surface area contributed by atoms with E-state index in [2.05, 4.69) is 38.6 Å². The lowest BCUT2D eigenvalue weighted by Gasteiger charge is -2.29. The zero-order valence-electron chi connectivity index (χ0n) is 17.3. The summed E-state index contributed by atoms with van der Waals surface area (Å²) in [5.41, 5.74) is 1.18. The van der Waals surface area contributed by atoms with E-state index in [0.717, 1.165) is 51.0 Å². The predicted molar refractivity (Wildman–Crippen MR) is 125 cm³/mol. The summed E-state index contributed by atoms with van der Waals surface area (Å²) in [5.74, 6) is 2.45. The van der Waals surface area contributed by atoms with E-state index >= 15 is 0 Å². The molecular formula is C22H30N6OS. The number of rotatable bonds is 5. The summed E-state index contributed by atoms with van der Waals surface area (Å²) in [6, 6.07) is 12.3. The second-order valence-corrected chi connectivity index (χ2v) is 8.11. The minimum absolute atomic E-state index is 0.528. The van der Waals surface area contributed by atoms with E-state index in [4.69, 9.17) is 26.9 Å². The SMILES string of the molecule is S=C(NCc1ccccc1)Nc1nc(N2CCCCCC2)cc(N2CCOCC2)n1. The van der Waals surface area contributed by atoms with Crippen LogP contribution >= 0.6 is 12.2 Å². The molecular weight excluding hydrogens is 396 g/mol. The summed E-state index contributed by atoms with van der Waals surface area (Å²) < 4.78 is 5.51. The molecule has 160 valence electrons. The van der Waals surface area contributed by atoms with E-state index in [-0.39, 0.29) is 0 Å². The van der Waals surface area contributed by atoms with Crippen LogP contribution in [0.5, 0.6) is 0 Å². The summed E-state index contributed by atoms with van der Waals surface area (Å²) in [6.45, 7) is 5.87. The van der Waals surface area contributed by atoms with E-state index in [1.807, 2.05) is 18.2 Å². The number of benzene rings is 1. The molecule has 2 aliphatic heterocycles. The highest BCUT2D eigenvalue weighted by Gasteiger charge is 2.19. The third-order valence-corrected chi connectivity index (χ3v) is 5.73. The molecule has 0 amide bonds. The Kier molecular flexibility index (Phi) is 7.31. The van der Waals surface area contributed by atoms with Gasteiger partial charge < -0.3 is 25.2 Å². The molecule has 3 heterocycles. The van der Waals surface area contributed by atoms with Gasteiger partial charge in [0.05, 0.1) is 13.2 Å². The van der Waals surface area contributed by atoms with Crippen molar-refractivity contribution in [2.45, 2.75) is 32.2 Å². The van der Waals surface area contributed by atoms with Crippen molar-refractivity contribution in [3.8, 4) is 0 Å². The molecule has 2 aromatic rings. The molecule has 1 aromatic heterocycles. The maximum Gasteiger partial charge on any atom is 0.232 e. The van der Waals surface area contributed by atoms with Crippen LogP contribution in [0.2, 0.25) is 0 Å². The molecule has 8 heteroatoms. The maximum atomic E-state index is 5.51. The molecule has 1 aromatic carbocycles. The summed E-state index contributed by atoms with van der Waals surface area (Å²) in [5, 5.41) is 6.98. The molecule has 4 rings (SSSR count). The number of thiocarbonyl (C=S) groups is 1. The van der Waals surface area contributed by atoms with Gasteiger partial charge in [-0.15, -0.1) is 0 Å². The zero-order valence-corrected chi connectivity index (χ0v) is 18.2. The summed E-state index contributed by atoms with van der Waals surface area (Å²) >= 11 is 5.51. The average Bonchev–Trinajstić information content (AvgIpc) is 3.09. The van der Waals surface area contributed by atoms with E-state index in [9.17, 15) is 0 Å². The number of hydrogen-bond acceptors (Lipinski definition) is 6. The molecule has 0 unspecified atom stereocenters. The van der Waals surface area contributed by atoms with Crippen LogP contribution in [0.25, 0.3) is 0 Å². The Morgan fingerprint density at radius 1 is 0.900 bits per heavy atom. The Morgan fingerprint density at radius 2 is 1.53 bits per heavy atom. The van der Waals surface area contributed by atoms with Crippen molar-refractivity contribution in [1.29, 1.82) is 0 Å². The van der Waals surface area contributed by atoms with Gasteiger partial charge in [0.2, 0.25) is 5.95 Å². The number of hydrogen-bond donors (Lipinski definition) is 2. The number of nitrogens with one attached hydrogen (secondary N) is 2. The van der Waals surface area contributed by atoms with Crippen LogP contribution in [0.4, 0.5) is 17.6 Å². The topological polar surface area (TPSA) is 65.6 Å². The molecule has 0 bridgehead atoms. The standard InChI is InChI=1S/C22H30N6OS/c30-22(23-17-18-8-4-3-5-9-18)26-21-24-19(27-10-6-1-2-7-11-27)16-20(25-21)28-12-14-29-15-13-28/h3-5,8-9,16H,1-2,6-7,10-15,17H2,(H2,23,24,25,26,30). The van der Waals surface area contributed by atoms with Gasteiger partial charge in [-0.05, 0) is 30.6 Å². The molecule has 2 N–H and O–H groups in total. The van der Waals surface area contributed by atoms with Crippen LogP contribution in [0.15, 0.2) is 36.4 Å². The van der Waals surface area contributed by atoms with Crippen LogP contribution in [-0.4, -0.2) is 54.5 Å². The lowest BCUT2D eigenvalue weighted by atomic mass is 10.2. The average molecular weight is 427 g/mol. The molecule has 2 aliphatic rings. The van der Waals surface area contributed by atoms with Crippen LogP contribution < -0.4 is 20.4 Å². The van der Waals surface area contributed by atoms with Gasteiger partial charge in [-0.3, -0.25) is 0 Å². The van der Waals surface area contributed by atoms with Gasteiger partial charge in [0, 0.05) is 38.8 Å². The van der Waals surface area contributed by atoms with E-state index in [0.29, 0.717) is 17.6 Å². The summed E-state index contributed by atoms with van der Waals surface area (Å²) in [6.07, 6.45) is 4.99. The molecule has 7 nitrogen and oxygen atoms in total. The van der Waals surface area contributed by atoms with Gasteiger partial charge in [0.1, 0.15) is 11.6 Å². The van der Waals surface area contributed by atoms with Crippen molar-refractivity contribution in [2.24, 2.45) is 0 Å². The molecule has 0 saturated carbocycles. The number of nitrogens with zero attached hydrogens (tertiary/aromatic N) is 4. The predicted octanol–water partition coefficient (Wildman–Crippen LogP) is 3.18. The maximum absolute atomic E-state index is 5.51. The lowest BCUT2D eigenvalue weighted by molar-refractivity contribution is 0.122. The molecule has 0 radical (unpaired) electrons. The Morgan fingerprint density at radius 3 is 2.20 bits per heavy atom. The van der Waals surface area contributed by atoms with Crippen molar-refractivity contribution in [3.63, 3.8) is 0 Å². The number of ether oxygens (including phenoxy) is 1. The van der Waals surface area contributed by atoms with Crippen molar-refractivity contribution < 1.29 is 4.74 Å². The van der Waals surface area contributed by atoms with Crippen LogP contribution in [0.1, 0.15) is 31.2 Å². The molecule has 0 aliphatic carbocycles. The van der Waals surface area contributed by atoms with Gasteiger partial charge in [0.15, 0.2) is 5.11 Å². The van der Waals surface area contributed by atoms with Gasteiger partial charge in [-0.2, -0.15) is 9.97 Å². The fourth-order valence-corrected chi connectivity index (χ4v) is 3.98. The largest absolute Gasteiger partial charge is 0.378 e. The highest BCUT2D eigenvalue weighted by Crippen LogP contribution is 2.24. The fraction of sp³-hybridized carbons (Fsp3) is 0.500. The van der Waals surface area contributed by atoms with Gasteiger partial charge in [-0.25, -0.2) is 0 Å². The quantitative estimate of drug-likeness (QED) is 0.707. The zero-order chi connectivity index (χ0) is 20.6. The molecule has 30 heavy (non-hydrogen) atoms. The Hall–Kier alpha value is -2.45. The first-order valence-electron chi connectivity index (χ1n) is 10.8. The molecule has 2 saturated heterocycles. The first kappa shape index (κ1) is 20.8. The third-order valence-electron chi connectivity index (χ3n) is 5.49. The molecule has 0 atom stereocenters. The highest BCUT2D eigenvalue weighted by molar-refractivity contribution is 7.80. The Bertz CT molecular complexity index is 820. The van der Waals surface area contributed by atoms with Crippen LogP contribution in [0, 0.1) is 0 Å². The summed E-state index contributed by atoms with van der Waals surface area (Å²) in [4.78, 5) is 14.2. The first-order valence-corrected chi connectivity index (χ1v) is 11.2.